The largest absolute Gasteiger partial charge is 0.484 e. The molecule has 11 heteroatoms. The maximum atomic E-state index is 13.5. The molecule has 1 N–H and O–H groups in total. The van der Waals surface area contributed by atoms with Gasteiger partial charge in [0.1, 0.15) is 17.3 Å². The van der Waals surface area contributed by atoms with E-state index in [4.69, 9.17) is 9.26 Å². The van der Waals surface area contributed by atoms with Gasteiger partial charge in [0, 0.05) is 24.3 Å². The highest BCUT2D eigenvalue weighted by molar-refractivity contribution is 5.93. The van der Waals surface area contributed by atoms with E-state index in [2.05, 4.69) is 32.4 Å². The zero-order chi connectivity index (χ0) is 25.9. The van der Waals surface area contributed by atoms with Gasteiger partial charge in [0.15, 0.2) is 12.4 Å². The minimum atomic E-state index is -0.337. The lowest BCUT2D eigenvalue weighted by Gasteiger charge is -2.33. The van der Waals surface area contributed by atoms with E-state index in [0.717, 1.165) is 49.2 Å². The van der Waals surface area contributed by atoms with Gasteiger partial charge >= 0.3 is 0 Å². The number of nitrogens with zero attached hydrogens (tertiary/aromatic N) is 6. The number of rotatable bonds is 8. The van der Waals surface area contributed by atoms with Crippen molar-refractivity contribution in [2.75, 3.05) is 6.54 Å². The number of nitrogens with one attached hydrogen (secondary N) is 1. The molecular weight excluding hydrogens is 477 g/mol. The van der Waals surface area contributed by atoms with Crippen molar-refractivity contribution >= 4 is 5.91 Å². The smallest absolute Gasteiger partial charge is 0.272 e. The van der Waals surface area contributed by atoms with Gasteiger partial charge in [0.05, 0.1) is 17.4 Å². The molecule has 1 amide bonds. The highest BCUT2D eigenvalue weighted by atomic mass is 19.1. The first-order valence-corrected chi connectivity index (χ1v) is 12.6. The van der Waals surface area contributed by atoms with Gasteiger partial charge in [-0.3, -0.25) is 14.6 Å². The fourth-order valence-corrected chi connectivity index (χ4v) is 4.79. The van der Waals surface area contributed by atoms with Crippen LogP contribution in [0.1, 0.15) is 72.2 Å². The topological polar surface area (TPSA) is 115 Å². The van der Waals surface area contributed by atoms with Crippen LogP contribution in [0.5, 0.6) is 5.75 Å². The van der Waals surface area contributed by atoms with E-state index in [9.17, 15) is 9.18 Å². The van der Waals surface area contributed by atoms with Crippen LogP contribution < -0.4 is 4.74 Å². The van der Waals surface area contributed by atoms with Crippen molar-refractivity contribution in [1.82, 2.24) is 35.0 Å². The number of hydrogen-bond acceptors (Lipinski definition) is 7. The number of aromatic amines is 1. The predicted molar refractivity (Wildman–Crippen MR) is 132 cm³/mol. The first-order valence-electron chi connectivity index (χ1n) is 12.6. The van der Waals surface area contributed by atoms with Crippen molar-refractivity contribution in [2.24, 2.45) is 0 Å². The third-order valence-electron chi connectivity index (χ3n) is 6.60. The lowest BCUT2D eigenvalue weighted by molar-refractivity contribution is 0.0590. The van der Waals surface area contributed by atoms with Crippen LogP contribution in [-0.2, 0) is 13.2 Å². The summed E-state index contributed by atoms with van der Waals surface area (Å²) >= 11 is 0. The van der Waals surface area contributed by atoms with E-state index in [1.807, 2.05) is 18.5 Å². The second-order valence-corrected chi connectivity index (χ2v) is 9.23. The molecule has 10 nitrogen and oxygen atoms in total. The van der Waals surface area contributed by atoms with Gasteiger partial charge in [-0.1, -0.05) is 12.1 Å². The number of carbonyl (C=O) groups is 1. The lowest BCUT2D eigenvalue weighted by atomic mass is 10.0. The molecule has 3 aromatic heterocycles. The Morgan fingerprint density at radius 1 is 1.24 bits per heavy atom. The molecule has 0 spiro atoms. The number of H-pyrrole nitrogens is 1. The van der Waals surface area contributed by atoms with E-state index >= 15 is 0 Å². The molecule has 1 atom stereocenters. The molecule has 0 radical (unpaired) electrons. The monoisotopic (exact) mass is 507 g/mol. The highest BCUT2D eigenvalue weighted by Gasteiger charge is 2.33. The van der Waals surface area contributed by atoms with E-state index in [1.54, 1.807) is 11.0 Å². The normalized spacial score (nSPS) is 15.8. The zero-order valence-corrected chi connectivity index (χ0v) is 21.2. The van der Waals surface area contributed by atoms with Crippen LogP contribution >= 0.6 is 0 Å². The molecule has 1 saturated heterocycles. The molecule has 1 aliphatic rings. The number of ether oxygens (including phenoxy) is 1. The average Bonchev–Trinajstić information content (AvgIpc) is 3.63. The molecule has 37 heavy (non-hydrogen) atoms. The molecule has 0 saturated carbocycles. The number of piperidine rings is 1. The molecule has 1 unspecified atom stereocenters. The second kappa shape index (κ2) is 10.5. The quantitative estimate of drug-likeness (QED) is 0.365. The molecule has 1 aliphatic heterocycles. The maximum absolute atomic E-state index is 13.5. The molecule has 1 fully saturated rings. The minimum absolute atomic E-state index is 0.0492. The lowest BCUT2D eigenvalue weighted by Crippen LogP contribution is -2.39. The van der Waals surface area contributed by atoms with Gasteiger partial charge < -0.3 is 14.2 Å². The molecule has 0 bridgehead atoms. The SMILES string of the molecule is CCCn1nc(C)c(-c2cc(C(=O)N3CCCCC3c3noc(COc4ccc(F)cc4)n3)[nH]n2)c1C. The van der Waals surface area contributed by atoms with Gasteiger partial charge in [-0.05, 0) is 69.9 Å². The Balaban J connectivity index is 1.31. The summed E-state index contributed by atoms with van der Waals surface area (Å²) in [6, 6.07) is 7.18. The maximum Gasteiger partial charge on any atom is 0.272 e. The summed E-state index contributed by atoms with van der Waals surface area (Å²) in [5, 5.41) is 16.1. The zero-order valence-electron chi connectivity index (χ0n) is 21.2. The summed E-state index contributed by atoms with van der Waals surface area (Å²) in [6.45, 7) is 7.56. The molecule has 4 aromatic rings. The number of hydrogen-bond donors (Lipinski definition) is 1. The Labute approximate surface area is 213 Å². The van der Waals surface area contributed by atoms with E-state index < -0.39 is 0 Å². The standard InChI is InChI=1S/C26H30FN7O3/c1-4-12-34-17(3)24(16(2)31-34)20-14-21(30-29-20)26(35)33-13-6-5-7-22(33)25-28-23(37-32-25)15-36-19-10-8-18(27)9-11-19/h8-11,14,22H,4-7,12-13,15H2,1-3H3,(H,29,30). The number of benzene rings is 1. The Morgan fingerprint density at radius 2 is 2.05 bits per heavy atom. The number of aromatic nitrogens is 6. The number of likely N-dealkylation sites (tertiary alicyclic amines) is 1. The third kappa shape index (κ3) is 5.11. The van der Waals surface area contributed by atoms with Crippen LogP contribution in [0.15, 0.2) is 34.9 Å². The molecule has 5 rings (SSSR count). The van der Waals surface area contributed by atoms with Crippen molar-refractivity contribution in [3.05, 3.63) is 64.9 Å². The van der Waals surface area contributed by atoms with Crippen LogP contribution in [0, 0.1) is 19.7 Å². The van der Waals surface area contributed by atoms with Crippen molar-refractivity contribution in [3.63, 3.8) is 0 Å². The molecule has 0 aliphatic carbocycles. The molecule has 194 valence electrons. The van der Waals surface area contributed by atoms with Gasteiger partial charge in [-0.2, -0.15) is 15.2 Å². The van der Waals surface area contributed by atoms with Crippen LogP contribution in [-0.4, -0.2) is 47.5 Å². The minimum Gasteiger partial charge on any atom is -0.484 e. The van der Waals surface area contributed by atoms with Crippen LogP contribution in [0.3, 0.4) is 0 Å². The molecular formula is C26H30FN7O3. The Bertz CT molecular complexity index is 1380. The van der Waals surface area contributed by atoms with Crippen LogP contribution in [0.25, 0.3) is 11.3 Å². The summed E-state index contributed by atoms with van der Waals surface area (Å²) in [5.74, 6) is 0.731. The Kier molecular flexibility index (Phi) is 7.02. The number of amides is 1. The number of halogens is 1. The summed E-state index contributed by atoms with van der Waals surface area (Å²) < 4.78 is 26.1. The van der Waals surface area contributed by atoms with E-state index in [-0.39, 0.29) is 30.3 Å². The van der Waals surface area contributed by atoms with Crippen molar-refractivity contribution in [3.8, 4) is 17.0 Å². The van der Waals surface area contributed by atoms with Crippen molar-refractivity contribution in [1.29, 1.82) is 0 Å². The Morgan fingerprint density at radius 3 is 2.84 bits per heavy atom. The van der Waals surface area contributed by atoms with Crippen LogP contribution in [0.4, 0.5) is 4.39 Å². The predicted octanol–water partition coefficient (Wildman–Crippen LogP) is 4.77. The van der Waals surface area contributed by atoms with Gasteiger partial charge in [-0.15, -0.1) is 0 Å². The third-order valence-corrected chi connectivity index (χ3v) is 6.60. The Hall–Kier alpha value is -4.02. The fraction of sp³-hybridized carbons (Fsp3) is 0.423. The molecule has 4 heterocycles. The summed E-state index contributed by atoms with van der Waals surface area (Å²) in [4.78, 5) is 19.8. The summed E-state index contributed by atoms with van der Waals surface area (Å²) in [5.41, 5.74) is 3.97. The second-order valence-electron chi connectivity index (χ2n) is 9.23. The van der Waals surface area contributed by atoms with E-state index in [0.29, 0.717) is 29.5 Å². The van der Waals surface area contributed by atoms with Crippen LogP contribution in [0.2, 0.25) is 0 Å². The molecule has 1 aromatic carbocycles. The van der Waals surface area contributed by atoms with Gasteiger partial charge in [-0.25, -0.2) is 4.39 Å². The van der Waals surface area contributed by atoms with Gasteiger partial charge in [0.2, 0.25) is 0 Å². The highest BCUT2D eigenvalue weighted by Crippen LogP contribution is 2.32. The first kappa shape index (κ1) is 24.7. The average molecular weight is 508 g/mol. The van der Waals surface area contributed by atoms with Gasteiger partial charge in [0.25, 0.3) is 11.8 Å². The van der Waals surface area contributed by atoms with Crippen molar-refractivity contribution < 1.29 is 18.4 Å². The number of aryl methyl sites for hydroxylation is 2. The number of carbonyl (C=O) groups excluding carboxylic acids is 1. The summed E-state index contributed by atoms with van der Waals surface area (Å²) in [7, 11) is 0. The van der Waals surface area contributed by atoms with Crippen molar-refractivity contribution in [2.45, 2.75) is 65.6 Å². The fourth-order valence-electron chi connectivity index (χ4n) is 4.79. The first-order chi connectivity index (χ1) is 17.9. The summed E-state index contributed by atoms with van der Waals surface area (Å²) in [6.07, 6.45) is 3.56. The van der Waals surface area contributed by atoms with E-state index in [1.165, 1.54) is 24.3 Å².